The quantitative estimate of drug-likeness (QED) is 0.602. The molecule has 1 N–H and O–H groups in total. The van der Waals surface area contributed by atoms with Crippen LogP contribution in [0.4, 0.5) is 0 Å². The molecule has 0 saturated carbocycles. The number of rotatable bonds is 6. The van der Waals surface area contributed by atoms with E-state index in [1.165, 1.54) is 14.2 Å². The molecule has 0 radical (unpaired) electrons. The van der Waals surface area contributed by atoms with Crippen LogP contribution in [0.3, 0.4) is 0 Å². The third kappa shape index (κ3) is 4.91. The van der Waals surface area contributed by atoms with E-state index in [1.807, 2.05) is 20.8 Å². The molecule has 162 valence electrons. The van der Waals surface area contributed by atoms with Gasteiger partial charge in [-0.25, -0.2) is 4.79 Å². The highest BCUT2D eigenvalue weighted by Crippen LogP contribution is 2.26. The highest BCUT2D eigenvalue weighted by atomic mass is 16.5. The number of carbonyl (C=O) groups is 2. The second-order valence-electron chi connectivity index (χ2n) is 7.93. The predicted molar refractivity (Wildman–Crippen MR) is 114 cm³/mol. The maximum absolute atomic E-state index is 12.9. The Morgan fingerprint density at radius 1 is 1.06 bits per heavy atom. The molecule has 0 saturated heterocycles. The summed E-state index contributed by atoms with van der Waals surface area (Å²) in [6.07, 6.45) is 0. The average molecular weight is 423 g/mol. The Hall–Kier alpha value is -3.68. The van der Waals surface area contributed by atoms with Crippen molar-refractivity contribution in [1.82, 2.24) is 15.5 Å². The maximum atomic E-state index is 12.9. The minimum atomic E-state index is -0.513. The van der Waals surface area contributed by atoms with Gasteiger partial charge in [0.25, 0.3) is 11.8 Å². The molecule has 8 nitrogen and oxygen atoms in total. The van der Waals surface area contributed by atoms with E-state index in [2.05, 4.69) is 15.5 Å². The van der Waals surface area contributed by atoms with Gasteiger partial charge in [0.05, 0.1) is 25.3 Å². The molecule has 0 bridgehead atoms. The summed E-state index contributed by atoms with van der Waals surface area (Å²) in [6.45, 7) is 6.16. The van der Waals surface area contributed by atoms with E-state index in [4.69, 9.17) is 14.0 Å². The summed E-state index contributed by atoms with van der Waals surface area (Å²) in [5.41, 5.74) is 1.70. The van der Waals surface area contributed by atoms with Crippen LogP contribution in [0.15, 0.2) is 47.0 Å². The van der Waals surface area contributed by atoms with Crippen LogP contribution < -0.4 is 10.1 Å². The number of methoxy groups -OCH3 is 2. The highest BCUT2D eigenvalue weighted by Gasteiger charge is 2.23. The number of nitrogens with one attached hydrogen (secondary N) is 1. The van der Waals surface area contributed by atoms with Gasteiger partial charge < -0.3 is 19.3 Å². The number of aromatic nitrogens is 2. The Balaban J connectivity index is 1.81. The molecule has 1 aromatic heterocycles. The summed E-state index contributed by atoms with van der Waals surface area (Å²) in [4.78, 5) is 29.3. The van der Waals surface area contributed by atoms with Gasteiger partial charge in [0.1, 0.15) is 11.3 Å². The molecular formula is C23H25N3O5. The zero-order chi connectivity index (χ0) is 22.6. The third-order valence-corrected chi connectivity index (χ3v) is 4.62. The van der Waals surface area contributed by atoms with Crippen molar-refractivity contribution in [2.45, 2.75) is 32.7 Å². The lowest BCUT2D eigenvalue weighted by molar-refractivity contribution is 0.0597. The molecule has 2 aromatic carbocycles. The molecule has 3 rings (SSSR count). The summed E-state index contributed by atoms with van der Waals surface area (Å²) in [5.74, 6) is 0.431. The van der Waals surface area contributed by atoms with Gasteiger partial charge in [0, 0.05) is 12.0 Å². The van der Waals surface area contributed by atoms with E-state index in [9.17, 15) is 9.59 Å². The fourth-order valence-electron chi connectivity index (χ4n) is 2.92. The van der Waals surface area contributed by atoms with Crippen LogP contribution in [-0.4, -0.2) is 36.2 Å². The number of benzene rings is 2. The molecule has 0 aliphatic heterocycles. The number of carbonyl (C=O) groups excluding carboxylic acids is 2. The Bertz CT molecular complexity index is 1100. The molecule has 1 amide bonds. The van der Waals surface area contributed by atoms with Crippen molar-refractivity contribution in [1.29, 1.82) is 0 Å². The SMILES string of the molecule is COC(=O)c1cc(CNC(=O)c2ccccc2-c2nc(C(C)(C)C)no2)ccc1OC. The lowest BCUT2D eigenvalue weighted by atomic mass is 9.96. The van der Waals surface area contributed by atoms with Crippen molar-refractivity contribution < 1.29 is 23.6 Å². The number of amides is 1. The van der Waals surface area contributed by atoms with Crippen molar-refractivity contribution in [3.8, 4) is 17.2 Å². The van der Waals surface area contributed by atoms with E-state index in [1.54, 1.807) is 42.5 Å². The minimum Gasteiger partial charge on any atom is -0.496 e. The number of hydrogen-bond acceptors (Lipinski definition) is 7. The first-order chi connectivity index (χ1) is 14.7. The third-order valence-electron chi connectivity index (χ3n) is 4.62. The second-order valence-corrected chi connectivity index (χ2v) is 7.93. The first-order valence-corrected chi connectivity index (χ1v) is 9.71. The number of esters is 1. The van der Waals surface area contributed by atoms with Crippen molar-refractivity contribution in [3.05, 3.63) is 65.0 Å². The van der Waals surface area contributed by atoms with Crippen molar-refractivity contribution in [3.63, 3.8) is 0 Å². The molecule has 31 heavy (non-hydrogen) atoms. The van der Waals surface area contributed by atoms with Crippen LogP contribution in [0.1, 0.15) is 52.9 Å². The summed E-state index contributed by atoms with van der Waals surface area (Å²) in [6, 6.07) is 12.1. The molecule has 1 heterocycles. The van der Waals surface area contributed by atoms with Gasteiger partial charge in [0.2, 0.25) is 0 Å². The van der Waals surface area contributed by atoms with Gasteiger partial charge in [-0.3, -0.25) is 4.79 Å². The van der Waals surface area contributed by atoms with Gasteiger partial charge in [-0.05, 0) is 29.8 Å². The van der Waals surface area contributed by atoms with Crippen LogP contribution in [0.5, 0.6) is 5.75 Å². The van der Waals surface area contributed by atoms with Gasteiger partial charge in [0.15, 0.2) is 5.82 Å². The molecule has 0 aliphatic rings. The predicted octanol–water partition coefficient (Wildman–Crippen LogP) is 3.76. The van der Waals surface area contributed by atoms with Crippen LogP contribution in [0, 0.1) is 0 Å². The monoisotopic (exact) mass is 423 g/mol. The van der Waals surface area contributed by atoms with Gasteiger partial charge in [-0.1, -0.05) is 44.1 Å². The minimum absolute atomic E-state index is 0.207. The zero-order valence-electron chi connectivity index (χ0n) is 18.2. The number of hydrogen-bond donors (Lipinski definition) is 1. The lowest BCUT2D eigenvalue weighted by Gasteiger charge is -2.11. The number of ether oxygens (including phenoxy) is 2. The lowest BCUT2D eigenvalue weighted by Crippen LogP contribution is -2.23. The standard InChI is InChI=1S/C23H25N3O5/c1-23(2,3)22-25-20(31-26-22)16-9-7-6-8-15(16)19(27)24-13-14-10-11-18(29-4)17(12-14)21(28)30-5/h6-12H,13H2,1-5H3,(H,24,27). The van der Waals surface area contributed by atoms with Crippen molar-refractivity contribution >= 4 is 11.9 Å². The van der Waals surface area contributed by atoms with Gasteiger partial charge in [-0.2, -0.15) is 4.98 Å². The smallest absolute Gasteiger partial charge is 0.341 e. The highest BCUT2D eigenvalue weighted by molar-refractivity contribution is 6.00. The first kappa shape index (κ1) is 22.0. The molecule has 0 aliphatic carbocycles. The molecule has 3 aromatic rings. The van der Waals surface area contributed by atoms with Crippen molar-refractivity contribution in [2.24, 2.45) is 0 Å². The summed E-state index contributed by atoms with van der Waals surface area (Å²) in [7, 11) is 2.78. The Kier molecular flexibility index (Phi) is 6.39. The average Bonchev–Trinajstić information content (AvgIpc) is 3.27. The van der Waals surface area contributed by atoms with E-state index >= 15 is 0 Å². The van der Waals surface area contributed by atoms with Crippen LogP contribution in [0.25, 0.3) is 11.5 Å². The van der Waals surface area contributed by atoms with E-state index in [0.717, 1.165) is 5.56 Å². The summed E-state index contributed by atoms with van der Waals surface area (Å²) < 4.78 is 15.4. The molecule has 0 atom stereocenters. The maximum Gasteiger partial charge on any atom is 0.341 e. The fourth-order valence-corrected chi connectivity index (χ4v) is 2.92. The van der Waals surface area contributed by atoms with Crippen LogP contribution >= 0.6 is 0 Å². The van der Waals surface area contributed by atoms with Crippen LogP contribution in [-0.2, 0) is 16.7 Å². The Morgan fingerprint density at radius 3 is 2.45 bits per heavy atom. The van der Waals surface area contributed by atoms with E-state index in [-0.39, 0.29) is 29.3 Å². The van der Waals surface area contributed by atoms with E-state index < -0.39 is 5.97 Å². The second kappa shape index (κ2) is 8.99. The zero-order valence-corrected chi connectivity index (χ0v) is 18.2. The van der Waals surface area contributed by atoms with Crippen LogP contribution in [0.2, 0.25) is 0 Å². The number of nitrogens with zero attached hydrogens (tertiary/aromatic N) is 2. The summed E-state index contributed by atoms with van der Waals surface area (Å²) >= 11 is 0. The van der Waals surface area contributed by atoms with Gasteiger partial charge in [-0.15, -0.1) is 0 Å². The molecule has 0 unspecified atom stereocenters. The topological polar surface area (TPSA) is 104 Å². The van der Waals surface area contributed by atoms with E-state index in [0.29, 0.717) is 22.7 Å². The fraction of sp³-hybridized carbons (Fsp3) is 0.304. The van der Waals surface area contributed by atoms with Crippen molar-refractivity contribution in [2.75, 3.05) is 14.2 Å². The Morgan fingerprint density at radius 2 is 1.81 bits per heavy atom. The summed E-state index contributed by atoms with van der Waals surface area (Å²) in [5, 5.41) is 6.90. The first-order valence-electron chi connectivity index (χ1n) is 9.71. The molecular weight excluding hydrogens is 398 g/mol. The largest absolute Gasteiger partial charge is 0.496 e. The van der Waals surface area contributed by atoms with Gasteiger partial charge >= 0.3 is 5.97 Å². The normalized spacial score (nSPS) is 11.1. The molecule has 8 heteroatoms. The molecule has 0 spiro atoms. The molecule has 0 fully saturated rings. The Labute approximate surface area is 180 Å².